The van der Waals surface area contributed by atoms with Gasteiger partial charge in [0, 0.05) is 12.1 Å². The Labute approximate surface area is 97.9 Å². The van der Waals surface area contributed by atoms with Gasteiger partial charge in [-0.05, 0) is 20.3 Å². The molecule has 0 fully saturated rings. The molecule has 0 atom stereocenters. The van der Waals surface area contributed by atoms with Crippen LogP contribution in [0.25, 0.3) is 0 Å². The zero-order valence-corrected chi connectivity index (χ0v) is 9.65. The molecule has 17 heavy (non-hydrogen) atoms. The third-order valence-electron chi connectivity index (χ3n) is 2.26. The number of amides is 1. The van der Waals surface area contributed by atoms with Crippen LogP contribution in [0.1, 0.15) is 41.2 Å². The molecule has 7 nitrogen and oxygen atoms in total. The van der Waals surface area contributed by atoms with Gasteiger partial charge >= 0.3 is 5.97 Å². The fraction of sp³-hybridized carbons (Fsp3) is 0.500. The van der Waals surface area contributed by atoms with E-state index in [-0.39, 0.29) is 18.0 Å². The number of carboxylic acid groups (broad SMARTS) is 1. The molecular weight excluding hydrogens is 226 g/mol. The maximum absolute atomic E-state index is 11.8. The van der Waals surface area contributed by atoms with E-state index in [0.717, 1.165) is 6.33 Å². The highest BCUT2D eigenvalue weighted by atomic mass is 16.4. The second-order valence-electron chi connectivity index (χ2n) is 4.24. The van der Waals surface area contributed by atoms with Gasteiger partial charge in [0.05, 0.1) is 6.33 Å². The lowest BCUT2D eigenvalue weighted by Crippen LogP contribution is -2.44. The van der Waals surface area contributed by atoms with E-state index in [1.807, 2.05) is 0 Å². The molecule has 7 heteroatoms. The van der Waals surface area contributed by atoms with Gasteiger partial charge in [-0.1, -0.05) is 0 Å². The van der Waals surface area contributed by atoms with Gasteiger partial charge in [-0.25, -0.2) is 9.78 Å². The van der Waals surface area contributed by atoms with Crippen LogP contribution in [0.3, 0.4) is 0 Å². The van der Waals surface area contributed by atoms with Gasteiger partial charge in [0.2, 0.25) is 0 Å². The Bertz CT molecular complexity index is 425. The van der Waals surface area contributed by atoms with Crippen LogP contribution in [-0.4, -0.2) is 44.2 Å². The average Bonchev–Trinajstić information content (AvgIpc) is 2.64. The lowest BCUT2D eigenvalue weighted by atomic mass is 10.0. The number of hydrogen-bond donors (Lipinski definition) is 4. The molecule has 1 heterocycles. The number of aliphatic hydroxyl groups excluding tert-OH is 1. The zero-order chi connectivity index (χ0) is 13.1. The summed E-state index contributed by atoms with van der Waals surface area (Å²) >= 11 is 0. The minimum absolute atomic E-state index is 0.0698. The van der Waals surface area contributed by atoms with E-state index in [9.17, 15) is 9.59 Å². The number of aromatic amines is 1. The van der Waals surface area contributed by atoms with Gasteiger partial charge in [-0.2, -0.15) is 0 Å². The summed E-state index contributed by atoms with van der Waals surface area (Å²) < 4.78 is 0. The standard InChI is InChI=1S/C10H15N3O4/c1-10(2,3-4-14)13-8(15)6-7(9(16)17)12-5-11-6/h5,14H,3-4H2,1-2H3,(H,11,12)(H,13,15)(H,16,17). The van der Waals surface area contributed by atoms with E-state index in [4.69, 9.17) is 10.2 Å². The predicted molar refractivity (Wildman–Crippen MR) is 58.8 cm³/mol. The van der Waals surface area contributed by atoms with E-state index in [1.165, 1.54) is 0 Å². The first kappa shape index (κ1) is 13.2. The number of nitrogens with zero attached hydrogens (tertiary/aromatic N) is 1. The summed E-state index contributed by atoms with van der Waals surface area (Å²) in [6.07, 6.45) is 1.52. The zero-order valence-electron chi connectivity index (χ0n) is 9.65. The second-order valence-corrected chi connectivity index (χ2v) is 4.24. The SMILES string of the molecule is CC(C)(CCO)NC(=O)c1nc[nH]c1C(=O)O. The summed E-state index contributed by atoms with van der Waals surface area (Å²) in [6.45, 7) is 3.39. The molecule has 1 aromatic rings. The number of aromatic nitrogens is 2. The molecule has 1 rings (SSSR count). The summed E-state index contributed by atoms with van der Waals surface area (Å²) in [5, 5.41) is 20.2. The highest BCUT2D eigenvalue weighted by molar-refractivity contribution is 6.02. The van der Waals surface area contributed by atoms with Crippen molar-refractivity contribution in [2.45, 2.75) is 25.8 Å². The van der Waals surface area contributed by atoms with Crippen molar-refractivity contribution in [1.82, 2.24) is 15.3 Å². The Morgan fingerprint density at radius 2 is 2.18 bits per heavy atom. The van der Waals surface area contributed by atoms with Crippen molar-refractivity contribution in [2.75, 3.05) is 6.61 Å². The Hall–Kier alpha value is -1.89. The monoisotopic (exact) mass is 241 g/mol. The molecule has 1 amide bonds. The number of aliphatic hydroxyl groups is 1. The average molecular weight is 241 g/mol. The van der Waals surface area contributed by atoms with Crippen LogP contribution < -0.4 is 5.32 Å². The molecule has 0 spiro atoms. The van der Waals surface area contributed by atoms with Crippen LogP contribution in [-0.2, 0) is 0 Å². The maximum Gasteiger partial charge on any atom is 0.354 e. The van der Waals surface area contributed by atoms with E-state index in [2.05, 4.69) is 15.3 Å². The molecule has 0 unspecified atom stereocenters. The molecule has 0 saturated carbocycles. The summed E-state index contributed by atoms with van der Waals surface area (Å²) in [5.74, 6) is -1.82. The largest absolute Gasteiger partial charge is 0.477 e. The topological polar surface area (TPSA) is 115 Å². The molecule has 94 valence electrons. The Kier molecular flexibility index (Phi) is 3.84. The van der Waals surface area contributed by atoms with Gasteiger partial charge in [0.1, 0.15) is 0 Å². The Morgan fingerprint density at radius 3 is 2.71 bits per heavy atom. The number of carbonyl (C=O) groups excluding carboxylic acids is 1. The van der Waals surface area contributed by atoms with Crippen molar-refractivity contribution in [2.24, 2.45) is 0 Å². The van der Waals surface area contributed by atoms with Crippen LogP contribution in [0.2, 0.25) is 0 Å². The number of imidazole rings is 1. The first-order chi connectivity index (χ1) is 7.87. The van der Waals surface area contributed by atoms with E-state index >= 15 is 0 Å². The number of carbonyl (C=O) groups is 2. The van der Waals surface area contributed by atoms with Gasteiger partial charge in [0.15, 0.2) is 11.4 Å². The third kappa shape index (κ3) is 3.28. The van der Waals surface area contributed by atoms with E-state index in [0.29, 0.717) is 6.42 Å². The van der Waals surface area contributed by atoms with Crippen molar-refractivity contribution in [3.05, 3.63) is 17.7 Å². The highest BCUT2D eigenvalue weighted by Gasteiger charge is 2.25. The lowest BCUT2D eigenvalue weighted by molar-refractivity contribution is 0.0682. The van der Waals surface area contributed by atoms with Crippen molar-refractivity contribution >= 4 is 11.9 Å². The van der Waals surface area contributed by atoms with E-state index < -0.39 is 17.4 Å². The Balaban J connectivity index is 2.83. The minimum Gasteiger partial charge on any atom is -0.477 e. The first-order valence-corrected chi connectivity index (χ1v) is 5.07. The summed E-state index contributed by atoms with van der Waals surface area (Å²) in [5.41, 5.74) is -1.04. The molecule has 0 aliphatic carbocycles. The van der Waals surface area contributed by atoms with Crippen LogP contribution in [0.15, 0.2) is 6.33 Å². The van der Waals surface area contributed by atoms with Crippen molar-refractivity contribution in [3.63, 3.8) is 0 Å². The summed E-state index contributed by atoms with van der Waals surface area (Å²) in [6, 6.07) is 0. The number of H-pyrrole nitrogens is 1. The van der Waals surface area contributed by atoms with Gasteiger partial charge in [-0.3, -0.25) is 4.79 Å². The van der Waals surface area contributed by atoms with Gasteiger partial charge in [0.25, 0.3) is 5.91 Å². The summed E-state index contributed by atoms with van der Waals surface area (Å²) in [4.78, 5) is 28.6. The van der Waals surface area contributed by atoms with Crippen molar-refractivity contribution < 1.29 is 19.8 Å². The molecule has 0 aromatic carbocycles. The molecule has 0 radical (unpaired) electrons. The van der Waals surface area contributed by atoms with Crippen LogP contribution in [0.4, 0.5) is 0 Å². The van der Waals surface area contributed by atoms with Crippen LogP contribution in [0, 0.1) is 0 Å². The summed E-state index contributed by atoms with van der Waals surface area (Å²) in [7, 11) is 0. The fourth-order valence-electron chi connectivity index (χ4n) is 1.34. The second kappa shape index (κ2) is 4.96. The van der Waals surface area contributed by atoms with E-state index in [1.54, 1.807) is 13.8 Å². The smallest absolute Gasteiger partial charge is 0.354 e. The van der Waals surface area contributed by atoms with Crippen molar-refractivity contribution in [1.29, 1.82) is 0 Å². The Morgan fingerprint density at radius 1 is 1.53 bits per heavy atom. The number of carboxylic acids is 1. The maximum atomic E-state index is 11.8. The van der Waals surface area contributed by atoms with Crippen LogP contribution in [0.5, 0.6) is 0 Å². The minimum atomic E-state index is -1.24. The molecule has 0 aliphatic heterocycles. The number of nitrogens with one attached hydrogen (secondary N) is 2. The van der Waals surface area contributed by atoms with Gasteiger partial charge < -0.3 is 20.5 Å². The van der Waals surface area contributed by atoms with Crippen molar-refractivity contribution in [3.8, 4) is 0 Å². The predicted octanol–water partition coefficient (Wildman–Crippen LogP) is -0.00130. The molecule has 0 bridgehead atoms. The first-order valence-electron chi connectivity index (χ1n) is 5.07. The van der Waals surface area contributed by atoms with Crippen LogP contribution >= 0.6 is 0 Å². The van der Waals surface area contributed by atoms with Gasteiger partial charge in [-0.15, -0.1) is 0 Å². The quantitative estimate of drug-likeness (QED) is 0.579. The molecule has 0 saturated heterocycles. The normalized spacial score (nSPS) is 11.2. The molecule has 1 aromatic heterocycles. The number of aromatic carboxylic acids is 1. The molecule has 4 N–H and O–H groups in total. The number of rotatable bonds is 5. The highest BCUT2D eigenvalue weighted by Crippen LogP contribution is 2.10. The lowest BCUT2D eigenvalue weighted by Gasteiger charge is -2.24. The molecular formula is C10H15N3O4. The number of hydrogen-bond acceptors (Lipinski definition) is 4. The fourth-order valence-corrected chi connectivity index (χ4v) is 1.34. The third-order valence-corrected chi connectivity index (χ3v) is 2.26. The molecule has 0 aliphatic rings.